The van der Waals surface area contributed by atoms with Gasteiger partial charge >= 0.3 is 0 Å². The molecule has 0 saturated heterocycles. The number of fused-ring (bicyclic) bond motifs is 3. The van der Waals surface area contributed by atoms with E-state index in [9.17, 15) is 0 Å². The Bertz CT molecular complexity index is 358. The first-order valence-corrected chi connectivity index (χ1v) is 5.64. The highest BCUT2D eigenvalue weighted by molar-refractivity contribution is 5.41. The van der Waals surface area contributed by atoms with Crippen molar-refractivity contribution in [1.29, 1.82) is 0 Å². The summed E-state index contributed by atoms with van der Waals surface area (Å²) in [7, 11) is 2.13. The Kier molecular flexibility index (Phi) is 1.72. The molecule has 0 aromatic heterocycles. The van der Waals surface area contributed by atoms with Crippen LogP contribution in [0, 0.1) is 5.92 Å². The molecule has 0 unspecified atom stereocenters. The van der Waals surface area contributed by atoms with Crippen LogP contribution in [-0.2, 0) is 12.0 Å². The number of hydrogen-bond acceptors (Lipinski definition) is 1. The zero-order valence-corrected chi connectivity index (χ0v) is 8.72. The maximum Gasteiger partial charge on any atom is 0.0466 e. The van der Waals surface area contributed by atoms with Gasteiger partial charge in [0, 0.05) is 5.54 Å². The van der Waals surface area contributed by atoms with Crippen LogP contribution in [0.3, 0.4) is 0 Å². The van der Waals surface area contributed by atoms with E-state index in [4.69, 9.17) is 0 Å². The van der Waals surface area contributed by atoms with Crippen LogP contribution >= 0.6 is 0 Å². The van der Waals surface area contributed by atoms with Crippen LogP contribution in [0.5, 0.6) is 0 Å². The summed E-state index contributed by atoms with van der Waals surface area (Å²) in [5.41, 5.74) is 3.48. The third-order valence-corrected chi connectivity index (χ3v) is 4.23. The van der Waals surface area contributed by atoms with Gasteiger partial charge in [-0.3, -0.25) is 0 Å². The summed E-state index contributed by atoms with van der Waals surface area (Å²) >= 11 is 0. The van der Waals surface area contributed by atoms with Crippen molar-refractivity contribution in [2.24, 2.45) is 5.92 Å². The largest absolute Gasteiger partial charge is 0.310 e. The summed E-state index contributed by atoms with van der Waals surface area (Å²) in [6.07, 6.45) is 5.40. The SMILES string of the molecule is CN[C@@]12CCC[C@@H]1Cc1ccccc12. The predicted octanol–water partition coefficient (Wildman–Crippen LogP) is 2.46. The van der Waals surface area contributed by atoms with Crippen molar-refractivity contribution in [2.45, 2.75) is 31.2 Å². The van der Waals surface area contributed by atoms with Gasteiger partial charge in [-0.2, -0.15) is 0 Å². The lowest BCUT2D eigenvalue weighted by molar-refractivity contribution is 0.292. The summed E-state index contributed by atoms with van der Waals surface area (Å²) in [6, 6.07) is 8.96. The van der Waals surface area contributed by atoms with Crippen molar-refractivity contribution >= 4 is 0 Å². The van der Waals surface area contributed by atoms with Crippen molar-refractivity contribution in [2.75, 3.05) is 7.05 Å². The van der Waals surface area contributed by atoms with E-state index in [0.29, 0.717) is 5.54 Å². The Hall–Kier alpha value is -0.820. The Balaban J connectivity index is 2.15. The maximum absolute atomic E-state index is 3.60. The molecule has 2 atom stereocenters. The first-order chi connectivity index (χ1) is 6.87. The molecule has 0 bridgehead atoms. The Morgan fingerprint density at radius 2 is 2.21 bits per heavy atom. The van der Waals surface area contributed by atoms with Gasteiger partial charge in [0.25, 0.3) is 0 Å². The fraction of sp³-hybridized carbons (Fsp3) is 0.538. The smallest absolute Gasteiger partial charge is 0.0466 e. The second-order valence-corrected chi connectivity index (χ2v) is 4.67. The molecule has 0 heterocycles. The number of hydrogen-bond donors (Lipinski definition) is 1. The normalized spacial score (nSPS) is 34.2. The molecule has 0 spiro atoms. The molecule has 74 valence electrons. The average molecular weight is 187 g/mol. The van der Waals surface area contributed by atoms with Crippen LogP contribution in [-0.4, -0.2) is 7.05 Å². The molecule has 1 fully saturated rings. The molecule has 1 aromatic carbocycles. The molecule has 3 rings (SSSR count). The Morgan fingerprint density at radius 3 is 3.07 bits per heavy atom. The van der Waals surface area contributed by atoms with E-state index in [-0.39, 0.29) is 0 Å². The second kappa shape index (κ2) is 2.83. The quantitative estimate of drug-likeness (QED) is 0.712. The second-order valence-electron chi connectivity index (χ2n) is 4.67. The van der Waals surface area contributed by atoms with Crippen molar-refractivity contribution in [3.05, 3.63) is 35.4 Å². The molecule has 1 nitrogen and oxygen atoms in total. The van der Waals surface area contributed by atoms with Crippen LogP contribution in [0.1, 0.15) is 30.4 Å². The monoisotopic (exact) mass is 187 g/mol. The molecule has 1 aromatic rings. The average Bonchev–Trinajstić information content (AvgIpc) is 2.73. The lowest BCUT2D eigenvalue weighted by atomic mass is 9.86. The summed E-state index contributed by atoms with van der Waals surface area (Å²) in [6.45, 7) is 0. The third kappa shape index (κ3) is 0.885. The minimum atomic E-state index is 0.330. The van der Waals surface area contributed by atoms with Crippen molar-refractivity contribution in [1.82, 2.24) is 5.32 Å². The van der Waals surface area contributed by atoms with Crippen molar-refractivity contribution in [3.8, 4) is 0 Å². The fourth-order valence-electron chi connectivity index (χ4n) is 3.57. The molecule has 0 radical (unpaired) electrons. The van der Waals surface area contributed by atoms with Crippen LogP contribution in [0.4, 0.5) is 0 Å². The van der Waals surface area contributed by atoms with Crippen molar-refractivity contribution in [3.63, 3.8) is 0 Å². The number of rotatable bonds is 1. The number of benzene rings is 1. The van der Waals surface area contributed by atoms with E-state index in [1.807, 2.05) is 0 Å². The highest BCUT2D eigenvalue weighted by Gasteiger charge is 2.48. The molecule has 2 aliphatic rings. The van der Waals surface area contributed by atoms with Crippen LogP contribution in [0.2, 0.25) is 0 Å². The van der Waals surface area contributed by atoms with Gasteiger partial charge < -0.3 is 5.32 Å². The van der Waals surface area contributed by atoms with Gasteiger partial charge in [0.1, 0.15) is 0 Å². The Labute approximate surface area is 85.5 Å². The first kappa shape index (κ1) is 8.49. The van der Waals surface area contributed by atoms with Gasteiger partial charge in [-0.1, -0.05) is 30.7 Å². The summed E-state index contributed by atoms with van der Waals surface area (Å²) < 4.78 is 0. The zero-order chi connectivity index (χ0) is 9.60. The summed E-state index contributed by atoms with van der Waals surface area (Å²) in [4.78, 5) is 0. The topological polar surface area (TPSA) is 12.0 Å². The molecule has 1 saturated carbocycles. The number of nitrogens with one attached hydrogen (secondary N) is 1. The molecule has 14 heavy (non-hydrogen) atoms. The molecule has 2 aliphatic carbocycles. The molecule has 1 N–H and O–H groups in total. The van der Waals surface area contributed by atoms with E-state index < -0.39 is 0 Å². The van der Waals surface area contributed by atoms with Gasteiger partial charge in [-0.25, -0.2) is 0 Å². The van der Waals surface area contributed by atoms with E-state index in [2.05, 4.69) is 36.6 Å². The van der Waals surface area contributed by atoms with Gasteiger partial charge in [-0.05, 0) is 43.4 Å². The van der Waals surface area contributed by atoms with E-state index >= 15 is 0 Å². The fourth-order valence-corrected chi connectivity index (χ4v) is 3.57. The van der Waals surface area contributed by atoms with Crippen molar-refractivity contribution < 1.29 is 0 Å². The zero-order valence-electron chi connectivity index (χ0n) is 8.72. The van der Waals surface area contributed by atoms with Gasteiger partial charge in [0.2, 0.25) is 0 Å². The van der Waals surface area contributed by atoms with Crippen LogP contribution < -0.4 is 5.32 Å². The highest BCUT2D eigenvalue weighted by Crippen LogP contribution is 2.51. The lowest BCUT2D eigenvalue weighted by Gasteiger charge is -2.30. The van der Waals surface area contributed by atoms with Gasteiger partial charge in [0.15, 0.2) is 0 Å². The molecule has 0 amide bonds. The highest BCUT2D eigenvalue weighted by atomic mass is 15.0. The maximum atomic E-state index is 3.60. The minimum Gasteiger partial charge on any atom is -0.310 e. The van der Waals surface area contributed by atoms with Gasteiger partial charge in [0.05, 0.1) is 0 Å². The predicted molar refractivity (Wildman–Crippen MR) is 58.2 cm³/mol. The third-order valence-electron chi connectivity index (χ3n) is 4.23. The van der Waals surface area contributed by atoms with E-state index in [1.54, 1.807) is 11.1 Å². The molecular weight excluding hydrogens is 170 g/mol. The molecule has 1 heteroatoms. The van der Waals surface area contributed by atoms with Gasteiger partial charge in [-0.15, -0.1) is 0 Å². The Morgan fingerprint density at radius 1 is 1.36 bits per heavy atom. The standard InChI is InChI=1S/C13H17N/c1-14-13-8-4-6-11(13)9-10-5-2-3-7-12(10)13/h2-3,5,7,11,14H,4,6,8-9H2,1H3/t11-,13+/m1/s1. The van der Waals surface area contributed by atoms with Crippen LogP contribution in [0.15, 0.2) is 24.3 Å². The molecule has 0 aliphatic heterocycles. The molecular formula is C13H17N. The van der Waals surface area contributed by atoms with Crippen LogP contribution in [0.25, 0.3) is 0 Å². The van der Waals surface area contributed by atoms with E-state index in [0.717, 1.165) is 5.92 Å². The summed E-state index contributed by atoms with van der Waals surface area (Å²) in [5.74, 6) is 0.852. The summed E-state index contributed by atoms with van der Waals surface area (Å²) in [5, 5.41) is 3.60. The minimum absolute atomic E-state index is 0.330. The first-order valence-electron chi connectivity index (χ1n) is 5.64. The lowest BCUT2D eigenvalue weighted by Crippen LogP contribution is -2.40. The van der Waals surface area contributed by atoms with E-state index in [1.165, 1.54) is 25.7 Å².